The fourth-order valence-corrected chi connectivity index (χ4v) is 9.91. The first-order chi connectivity index (χ1) is 10.4. The maximum atomic E-state index is 6.93. The van der Waals surface area contributed by atoms with Crippen molar-refractivity contribution in [3.63, 3.8) is 0 Å². The highest BCUT2D eigenvalue weighted by atomic mass is 14.9. The Hall–Kier alpha value is -0.0800. The SMILES string of the molecule is NC12CC3CC(C1)CC(C14CC5CC(CC(N)(C5)C1)C4)(C3)C2. The highest BCUT2D eigenvalue weighted by molar-refractivity contribution is 5.21. The van der Waals surface area contributed by atoms with Gasteiger partial charge in [0.2, 0.25) is 0 Å². The summed E-state index contributed by atoms with van der Waals surface area (Å²) < 4.78 is 0. The van der Waals surface area contributed by atoms with Crippen LogP contribution in [0.25, 0.3) is 0 Å². The summed E-state index contributed by atoms with van der Waals surface area (Å²) in [5.41, 5.74) is 15.4. The Morgan fingerprint density at radius 3 is 1.09 bits per heavy atom. The average molecular weight is 300 g/mol. The highest BCUT2D eigenvalue weighted by Gasteiger charge is 2.68. The normalized spacial score (nSPS) is 67.9. The van der Waals surface area contributed by atoms with Crippen molar-refractivity contribution in [3.05, 3.63) is 0 Å². The molecule has 0 aromatic carbocycles. The summed E-state index contributed by atoms with van der Waals surface area (Å²) in [5, 5.41) is 0. The topological polar surface area (TPSA) is 52.0 Å². The lowest BCUT2D eigenvalue weighted by Gasteiger charge is -2.73. The molecule has 8 fully saturated rings. The van der Waals surface area contributed by atoms with Crippen molar-refractivity contribution in [2.75, 3.05) is 0 Å². The third-order valence-corrected chi connectivity index (χ3v) is 9.34. The zero-order valence-corrected chi connectivity index (χ0v) is 13.9. The molecular formula is C20H32N2. The van der Waals surface area contributed by atoms with Crippen LogP contribution in [-0.4, -0.2) is 11.1 Å². The molecule has 0 spiro atoms. The van der Waals surface area contributed by atoms with Gasteiger partial charge in [-0.25, -0.2) is 0 Å². The Morgan fingerprint density at radius 2 is 0.818 bits per heavy atom. The van der Waals surface area contributed by atoms with Gasteiger partial charge < -0.3 is 11.5 Å². The van der Waals surface area contributed by atoms with Gasteiger partial charge in [-0.15, -0.1) is 0 Å². The number of hydrogen-bond donors (Lipinski definition) is 2. The van der Waals surface area contributed by atoms with E-state index in [1.165, 1.54) is 77.0 Å². The third kappa shape index (κ3) is 1.50. The van der Waals surface area contributed by atoms with E-state index in [0.29, 0.717) is 10.8 Å². The van der Waals surface area contributed by atoms with Crippen molar-refractivity contribution in [1.82, 2.24) is 0 Å². The predicted molar refractivity (Wildman–Crippen MR) is 88.1 cm³/mol. The molecule has 2 heteroatoms. The van der Waals surface area contributed by atoms with Crippen LogP contribution in [0.4, 0.5) is 0 Å². The van der Waals surface area contributed by atoms with E-state index in [1.807, 2.05) is 0 Å². The molecule has 8 saturated carbocycles. The van der Waals surface area contributed by atoms with Crippen molar-refractivity contribution < 1.29 is 0 Å². The van der Waals surface area contributed by atoms with E-state index >= 15 is 0 Å². The molecule has 0 amide bonds. The van der Waals surface area contributed by atoms with Gasteiger partial charge in [-0.1, -0.05) is 0 Å². The van der Waals surface area contributed by atoms with Crippen LogP contribution in [0.1, 0.15) is 77.0 Å². The van der Waals surface area contributed by atoms with Crippen LogP contribution >= 0.6 is 0 Å². The minimum atomic E-state index is 0.204. The Kier molecular flexibility index (Phi) is 2.18. The molecular weight excluding hydrogens is 268 g/mol. The standard InChI is InChI=1S/C20H32N2/c21-19-7-13-1-14(8-19)4-17(3-13,11-19)18-5-15-2-16(6-18)10-20(22,9-15)12-18/h13-16H,1-12,21-22H2. The second-order valence-corrected chi connectivity index (χ2v) is 11.2. The molecule has 0 aliphatic heterocycles. The quantitative estimate of drug-likeness (QED) is 0.777. The molecule has 8 aliphatic carbocycles. The van der Waals surface area contributed by atoms with Crippen LogP contribution in [0, 0.1) is 34.5 Å². The van der Waals surface area contributed by atoms with Gasteiger partial charge in [-0.2, -0.15) is 0 Å². The first kappa shape index (κ1) is 13.2. The lowest BCUT2D eigenvalue weighted by molar-refractivity contribution is -0.207. The van der Waals surface area contributed by atoms with Crippen LogP contribution in [0.5, 0.6) is 0 Å². The van der Waals surface area contributed by atoms with E-state index < -0.39 is 0 Å². The maximum absolute atomic E-state index is 6.93. The van der Waals surface area contributed by atoms with Gasteiger partial charge in [0, 0.05) is 11.1 Å². The largest absolute Gasteiger partial charge is 0.325 e. The lowest BCUT2D eigenvalue weighted by atomic mass is 9.33. The predicted octanol–water partition coefficient (Wildman–Crippen LogP) is 3.58. The number of nitrogens with two attached hydrogens (primary N) is 2. The fraction of sp³-hybridized carbons (Fsp3) is 1.00. The molecule has 4 atom stereocenters. The Bertz CT molecular complexity index is 462. The molecule has 0 heterocycles. The van der Waals surface area contributed by atoms with Gasteiger partial charge in [-0.3, -0.25) is 0 Å². The van der Waals surface area contributed by atoms with E-state index in [0.717, 1.165) is 23.7 Å². The highest BCUT2D eigenvalue weighted by Crippen LogP contribution is 2.75. The van der Waals surface area contributed by atoms with E-state index in [4.69, 9.17) is 11.5 Å². The summed E-state index contributed by atoms with van der Waals surface area (Å²) in [7, 11) is 0. The molecule has 4 N–H and O–H groups in total. The molecule has 0 radical (unpaired) electrons. The minimum Gasteiger partial charge on any atom is -0.325 e. The second kappa shape index (κ2) is 3.61. The summed E-state index contributed by atoms with van der Waals surface area (Å²) in [5.74, 6) is 3.81. The lowest BCUT2D eigenvalue weighted by Crippen LogP contribution is -2.70. The van der Waals surface area contributed by atoms with E-state index in [1.54, 1.807) is 0 Å². The van der Waals surface area contributed by atoms with Crippen LogP contribution < -0.4 is 11.5 Å². The summed E-state index contributed by atoms with van der Waals surface area (Å²) in [4.78, 5) is 0. The van der Waals surface area contributed by atoms with E-state index in [2.05, 4.69) is 0 Å². The summed E-state index contributed by atoms with van der Waals surface area (Å²) in [6, 6.07) is 0. The number of hydrogen-bond acceptors (Lipinski definition) is 2. The van der Waals surface area contributed by atoms with Crippen LogP contribution in [0.3, 0.4) is 0 Å². The molecule has 2 nitrogen and oxygen atoms in total. The summed E-state index contributed by atoms with van der Waals surface area (Å²) >= 11 is 0. The van der Waals surface area contributed by atoms with Crippen LogP contribution in [0.15, 0.2) is 0 Å². The van der Waals surface area contributed by atoms with Crippen molar-refractivity contribution in [2.45, 2.75) is 88.1 Å². The molecule has 4 unspecified atom stereocenters. The van der Waals surface area contributed by atoms with Gasteiger partial charge >= 0.3 is 0 Å². The molecule has 0 aromatic heterocycles. The zero-order valence-electron chi connectivity index (χ0n) is 13.9. The summed E-state index contributed by atoms with van der Waals surface area (Å²) in [6.45, 7) is 0. The fourth-order valence-electron chi connectivity index (χ4n) is 9.91. The minimum absolute atomic E-state index is 0.204. The zero-order chi connectivity index (χ0) is 14.8. The molecule has 22 heavy (non-hydrogen) atoms. The van der Waals surface area contributed by atoms with Crippen LogP contribution in [0.2, 0.25) is 0 Å². The van der Waals surface area contributed by atoms with Crippen molar-refractivity contribution in [2.24, 2.45) is 46.0 Å². The van der Waals surface area contributed by atoms with Gasteiger partial charge in [-0.05, 0) is 112 Å². The maximum Gasteiger partial charge on any atom is 0.0165 e. The molecule has 8 bridgehead atoms. The van der Waals surface area contributed by atoms with Gasteiger partial charge in [0.25, 0.3) is 0 Å². The Balaban J connectivity index is 1.46. The Labute approximate surface area is 134 Å². The molecule has 8 aliphatic rings. The van der Waals surface area contributed by atoms with Crippen LogP contribution in [-0.2, 0) is 0 Å². The third-order valence-electron chi connectivity index (χ3n) is 9.34. The van der Waals surface area contributed by atoms with Gasteiger partial charge in [0.05, 0.1) is 0 Å². The molecule has 0 aromatic rings. The summed E-state index contributed by atoms with van der Waals surface area (Å²) in [6.07, 6.45) is 17.1. The van der Waals surface area contributed by atoms with Crippen molar-refractivity contribution in [3.8, 4) is 0 Å². The van der Waals surface area contributed by atoms with E-state index in [9.17, 15) is 0 Å². The van der Waals surface area contributed by atoms with Crippen molar-refractivity contribution in [1.29, 1.82) is 0 Å². The van der Waals surface area contributed by atoms with Crippen molar-refractivity contribution >= 4 is 0 Å². The first-order valence-electron chi connectivity index (χ1n) is 9.97. The monoisotopic (exact) mass is 300 g/mol. The Morgan fingerprint density at radius 1 is 0.500 bits per heavy atom. The first-order valence-corrected chi connectivity index (χ1v) is 9.97. The van der Waals surface area contributed by atoms with Gasteiger partial charge in [0.1, 0.15) is 0 Å². The molecule has 122 valence electrons. The molecule has 8 rings (SSSR count). The van der Waals surface area contributed by atoms with E-state index in [-0.39, 0.29) is 11.1 Å². The smallest absolute Gasteiger partial charge is 0.0165 e. The van der Waals surface area contributed by atoms with Gasteiger partial charge in [0.15, 0.2) is 0 Å². The number of rotatable bonds is 1. The molecule has 0 saturated heterocycles. The average Bonchev–Trinajstić information content (AvgIpc) is 2.31. The second-order valence-electron chi connectivity index (χ2n) is 11.2.